The van der Waals surface area contributed by atoms with Gasteiger partial charge in [0.15, 0.2) is 0 Å². The van der Waals surface area contributed by atoms with Crippen molar-refractivity contribution in [3.8, 4) is 0 Å². The second kappa shape index (κ2) is 12.5. The molecule has 0 radical (unpaired) electrons. The lowest BCUT2D eigenvalue weighted by Crippen LogP contribution is -2.53. The van der Waals surface area contributed by atoms with Gasteiger partial charge in [0, 0.05) is 19.5 Å². The Balaban J connectivity index is 2.04. The van der Waals surface area contributed by atoms with Crippen molar-refractivity contribution in [3.63, 3.8) is 0 Å². The lowest BCUT2D eigenvalue weighted by molar-refractivity contribution is -0.140. The maximum Gasteiger partial charge on any atom is 0.244 e. The average molecular weight is 522 g/mol. The second-order valence-corrected chi connectivity index (χ2v) is 11.1. The molecule has 0 saturated heterocycles. The van der Waals surface area contributed by atoms with Gasteiger partial charge in [0.25, 0.3) is 0 Å². The summed E-state index contributed by atoms with van der Waals surface area (Å²) in [4.78, 5) is 28.7. The Labute approximate surface area is 220 Å². The molecule has 2 amide bonds. The SMILES string of the molecule is CCNC(=O)C(Cc1ccccc1)N(Cc1ccccc1)C(=O)CN(c1ccc(C)cc1C)S(C)(=O)=O. The molecule has 0 bridgehead atoms. The van der Waals surface area contributed by atoms with Crippen molar-refractivity contribution in [2.75, 3.05) is 23.7 Å². The number of rotatable bonds is 11. The minimum Gasteiger partial charge on any atom is -0.355 e. The van der Waals surface area contributed by atoms with E-state index in [4.69, 9.17) is 0 Å². The first-order chi connectivity index (χ1) is 17.6. The summed E-state index contributed by atoms with van der Waals surface area (Å²) < 4.78 is 26.8. The number of benzene rings is 3. The second-order valence-electron chi connectivity index (χ2n) is 9.17. The molecule has 0 spiro atoms. The van der Waals surface area contributed by atoms with Crippen LogP contribution in [0, 0.1) is 13.8 Å². The summed E-state index contributed by atoms with van der Waals surface area (Å²) in [5.41, 5.74) is 3.93. The van der Waals surface area contributed by atoms with Crippen LogP contribution in [0.15, 0.2) is 78.9 Å². The molecule has 196 valence electrons. The van der Waals surface area contributed by atoms with Gasteiger partial charge in [0.2, 0.25) is 21.8 Å². The van der Waals surface area contributed by atoms with Crippen LogP contribution in [-0.4, -0.2) is 50.5 Å². The van der Waals surface area contributed by atoms with Crippen molar-refractivity contribution in [2.45, 2.75) is 39.8 Å². The molecule has 1 N–H and O–H groups in total. The van der Waals surface area contributed by atoms with E-state index in [9.17, 15) is 18.0 Å². The lowest BCUT2D eigenvalue weighted by atomic mass is 10.0. The van der Waals surface area contributed by atoms with Crippen LogP contribution in [0.3, 0.4) is 0 Å². The molecule has 3 rings (SSSR count). The van der Waals surface area contributed by atoms with Gasteiger partial charge in [0.1, 0.15) is 12.6 Å². The number of sulfonamides is 1. The topological polar surface area (TPSA) is 86.8 Å². The molecule has 7 nitrogen and oxygen atoms in total. The van der Waals surface area contributed by atoms with Gasteiger partial charge >= 0.3 is 0 Å². The molecule has 3 aromatic carbocycles. The number of aryl methyl sites for hydroxylation is 2. The molecule has 0 fully saturated rings. The van der Waals surface area contributed by atoms with Crippen molar-refractivity contribution in [2.24, 2.45) is 0 Å². The summed E-state index contributed by atoms with van der Waals surface area (Å²) in [6.07, 6.45) is 1.39. The number of carbonyl (C=O) groups excluding carboxylic acids is 2. The minimum absolute atomic E-state index is 0.165. The molecular formula is C29H35N3O4S. The van der Waals surface area contributed by atoms with E-state index in [-0.39, 0.29) is 12.5 Å². The number of anilines is 1. The third-order valence-corrected chi connectivity index (χ3v) is 7.24. The molecule has 3 aromatic rings. The molecule has 37 heavy (non-hydrogen) atoms. The van der Waals surface area contributed by atoms with Crippen LogP contribution in [0.1, 0.15) is 29.2 Å². The average Bonchev–Trinajstić information content (AvgIpc) is 2.86. The van der Waals surface area contributed by atoms with Gasteiger partial charge in [-0.25, -0.2) is 8.42 Å². The van der Waals surface area contributed by atoms with Gasteiger partial charge < -0.3 is 10.2 Å². The molecule has 1 unspecified atom stereocenters. The van der Waals surface area contributed by atoms with E-state index in [1.165, 1.54) is 4.90 Å². The molecule has 0 aromatic heterocycles. The van der Waals surface area contributed by atoms with Crippen LogP contribution in [-0.2, 0) is 32.6 Å². The van der Waals surface area contributed by atoms with Crippen molar-refractivity contribution in [1.82, 2.24) is 10.2 Å². The fourth-order valence-electron chi connectivity index (χ4n) is 4.31. The first-order valence-electron chi connectivity index (χ1n) is 12.3. The smallest absolute Gasteiger partial charge is 0.244 e. The molecule has 1 atom stereocenters. The van der Waals surface area contributed by atoms with E-state index >= 15 is 0 Å². The highest BCUT2D eigenvalue weighted by atomic mass is 32.2. The van der Waals surface area contributed by atoms with E-state index in [2.05, 4.69) is 5.32 Å². The molecular weight excluding hydrogens is 486 g/mol. The summed E-state index contributed by atoms with van der Waals surface area (Å²) in [6, 6.07) is 23.5. The summed E-state index contributed by atoms with van der Waals surface area (Å²) in [6.45, 7) is 5.73. The van der Waals surface area contributed by atoms with E-state index in [1.807, 2.05) is 93.6 Å². The third kappa shape index (κ3) is 7.67. The first kappa shape index (κ1) is 27.9. The minimum atomic E-state index is -3.78. The zero-order chi connectivity index (χ0) is 27.0. The zero-order valence-electron chi connectivity index (χ0n) is 21.8. The Morgan fingerprint density at radius 2 is 1.49 bits per heavy atom. The van der Waals surface area contributed by atoms with Gasteiger partial charge in [-0.2, -0.15) is 0 Å². The zero-order valence-corrected chi connectivity index (χ0v) is 22.7. The molecule has 0 saturated carbocycles. The predicted molar refractivity (Wildman–Crippen MR) is 148 cm³/mol. The van der Waals surface area contributed by atoms with Crippen LogP contribution >= 0.6 is 0 Å². The summed E-state index contributed by atoms with van der Waals surface area (Å²) in [5.74, 6) is -0.741. The highest BCUT2D eigenvalue weighted by Gasteiger charge is 2.33. The molecule has 0 heterocycles. The van der Waals surface area contributed by atoms with Crippen molar-refractivity contribution >= 4 is 27.5 Å². The van der Waals surface area contributed by atoms with Crippen molar-refractivity contribution in [3.05, 3.63) is 101 Å². The number of carbonyl (C=O) groups is 2. The van der Waals surface area contributed by atoms with Gasteiger partial charge in [0.05, 0.1) is 11.9 Å². The van der Waals surface area contributed by atoms with Crippen molar-refractivity contribution < 1.29 is 18.0 Å². The normalized spacial score (nSPS) is 12.0. The number of nitrogens with one attached hydrogen (secondary N) is 1. The molecule has 0 aliphatic rings. The van der Waals surface area contributed by atoms with Crippen molar-refractivity contribution in [1.29, 1.82) is 0 Å². The van der Waals surface area contributed by atoms with Gasteiger partial charge in [-0.3, -0.25) is 13.9 Å². The molecule has 0 aliphatic carbocycles. The van der Waals surface area contributed by atoms with Crippen LogP contribution in [0.25, 0.3) is 0 Å². The fraction of sp³-hybridized carbons (Fsp3) is 0.310. The standard InChI is InChI=1S/C29H35N3O4S/c1-5-30-29(34)27(19-24-12-8-6-9-13-24)31(20-25-14-10-7-11-15-25)28(33)21-32(37(4,35)36)26-17-16-22(2)18-23(26)3/h6-18,27H,5,19-21H2,1-4H3,(H,30,34). The Hall–Kier alpha value is -3.65. The van der Waals surface area contributed by atoms with E-state index in [1.54, 1.807) is 6.07 Å². The largest absolute Gasteiger partial charge is 0.355 e. The Morgan fingerprint density at radius 3 is 2.03 bits per heavy atom. The summed E-state index contributed by atoms with van der Waals surface area (Å²) in [5, 5.41) is 2.85. The summed E-state index contributed by atoms with van der Waals surface area (Å²) >= 11 is 0. The Bertz CT molecular complexity index is 1310. The number of hydrogen-bond donors (Lipinski definition) is 1. The molecule has 0 aliphatic heterocycles. The highest BCUT2D eigenvalue weighted by Crippen LogP contribution is 2.24. The number of amides is 2. The first-order valence-corrected chi connectivity index (χ1v) is 14.1. The highest BCUT2D eigenvalue weighted by molar-refractivity contribution is 7.92. The van der Waals surface area contributed by atoms with Crippen LogP contribution in [0.2, 0.25) is 0 Å². The third-order valence-electron chi connectivity index (χ3n) is 6.12. The van der Waals surface area contributed by atoms with E-state index in [0.29, 0.717) is 18.7 Å². The van der Waals surface area contributed by atoms with Gasteiger partial charge in [-0.1, -0.05) is 78.4 Å². The summed E-state index contributed by atoms with van der Waals surface area (Å²) in [7, 11) is -3.78. The predicted octanol–water partition coefficient (Wildman–Crippen LogP) is 3.85. The molecule has 8 heteroatoms. The lowest BCUT2D eigenvalue weighted by Gasteiger charge is -2.33. The monoisotopic (exact) mass is 521 g/mol. The number of nitrogens with zero attached hydrogens (tertiary/aromatic N) is 2. The quantitative estimate of drug-likeness (QED) is 0.415. The maximum atomic E-state index is 13.9. The van der Waals surface area contributed by atoms with E-state index in [0.717, 1.165) is 32.8 Å². The number of likely N-dealkylation sites (N-methyl/N-ethyl adjacent to an activating group) is 1. The van der Waals surface area contributed by atoms with E-state index < -0.39 is 28.5 Å². The fourth-order valence-corrected chi connectivity index (χ4v) is 5.21. The van der Waals surface area contributed by atoms with Crippen LogP contribution < -0.4 is 9.62 Å². The Morgan fingerprint density at radius 1 is 0.892 bits per heavy atom. The van der Waals surface area contributed by atoms with Gasteiger partial charge in [-0.05, 0) is 43.5 Å². The Kier molecular flexibility index (Phi) is 9.47. The van der Waals surface area contributed by atoms with Crippen LogP contribution in [0.4, 0.5) is 5.69 Å². The number of hydrogen-bond acceptors (Lipinski definition) is 4. The van der Waals surface area contributed by atoms with Crippen LogP contribution in [0.5, 0.6) is 0 Å². The maximum absolute atomic E-state index is 13.9. The van der Waals surface area contributed by atoms with Gasteiger partial charge in [-0.15, -0.1) is 0 Å².